The van der Waals surface area contributed by atoms with Crippen molar-refractivity contribution in [1.29, 1.82) is 0 Å². The number of fused-ring (bicyclic) bond motifs is 2. The van der Waals surface area contributed by atoms with E-state index in [-0.39, 0.29) is 17.8 Å². The number of aromatic nitrogens is 5. The van der Waals surface area contributed by atoms with Gasteiger partial charge in [-0.05, 0) is 19.1 Å². The van der Waals surface area contributed by atoms with Crippen molar-refractivity contribution in [2.45, 2.75) is 13.0 Å². The molecule has 0 aliphatic carbocycles. The van der Waals surface area contributed by atoms with E-state index in [1.807, 2.05) is 62.0 Å². The number of hydrogen-bond acceptors (Lipinski definition) is 7. The molecular weight excluding hydrogens is 496 g/mol. The van der Waals surface area contributed by atoms with Crippen LogP contribution in [0.5, 0.6) is 0 Å². The number of thiophene rings is 1. The van der Waals surface area contributed by atoms with Crippen LogP contribution in [0.25, 0.3) is 27.7 Å². The highest BCUT2D eigenvalue weighted by molar-refractivity contribution is 7.17. The Bertz CT molecular complexity index is 1770. The Kier molecular flexibility index (Phi) is 5.90. The quantitative estimate of drug-likeness (QED) is 0.305. The van der Waals surface area contributed by atoms with E-state index in [4.69, 9.17) is 10.7 Å². The van der Waals surface area contributed by atoms with Crippen LogP contribution in [-0.2, 0) is 7.05 Å². The van der Waals surface area contributed by atoms with E-state index in [1.165, 1.54) is 0 Å². The minimum atomic E-state index is -0.351. The highest BCUT2D eigenvalue weighted by Gasteiger charge is 2.25. The minimum Gasteiger partial charge on any atom is -0.381 e. The molecule has 0 spiro atoms. The summed E-state index contributed by atoms with van der Waals surface area (Å²) in [4.78, 5) is 18.4. The second kappa shape index (κ2) is 9.53. The summed E-state index contributed by atoms with van der Waals surface area (Å²) in [6.07, 6.45) is 7.32. The highest BCUT2D eigenvalue weighted by Crippen LogP contribution is 2.34. The van der Waals surface area contributed by atoms with Crippen molar-refractivity contribution in [3.63, 3.8) is 0 Å². The lowest BCUT2D eigenvalue weighted by atomic mass is 9.99. The number of nitrogens with two attached hydrogens (primary N) is 1. The van der Waals surface area contributed by atoms with E-state index in [0.29, 0.717) is 17.9 Å². The van der Waals surface area contributed by atoms with E-state index in [2.05, 4.69) is 38.7 Å². The van der Waals surface area contributed by atoms with Gasteiger partial charge in [0.1, 0.15) is 11.4 Å². The molecule has 5 heterocycles. The largest absolute Gasteiger partial charge is 0.381 e. The molecule has 0 saturated heterocycles. The number of nitrogens with zero attached hydrogens (tertiary/aromatic N) is 5. The van der Waals surface area contributed by atoms with Gasteiger partial charge in [-0.2, -0.15) is 5.10 Å². The van der Waals surface area contributed by atoms with Crippen LogP contribution in [0.4, 0.5) is 11.6 Å². The van der Waals surface area contributed by atoms with Crippen LogP contribution < -0.4 is 16.4 Å². The molecule has 0 fully saturated rings. The molecule has 1 aromatic carbocycles. The SMILES string of the molecule is CC(NC(=O)c1c(N)nn2c1NCC=C2)c1cc2scc(C#Cc3cnn(C)c3)c2nc1-c1ccccc1. The smallest absolute Gasteiger partial charge is 0.259 e. The van der Waals surface area contributed by atoms with E-state index in [0.717, 1.165) is 38.2 Å². The molecule has 4 N–H and O–H groups in total. The normalized spacial score (nSPS) is 12.9. The first-order chi connectivity index (χ1) is 18.5. The molecule has 4 aromatic heterocycles. The Morgan fingerprint density at radius 3 is 2.89 bits per heavy atom. The fourth-order valence-corrected chi connectivity index (χ4v) is 5.33. The molecule has 1 aliphatic rings. The zero-order chi connectivity index (χ0) is 26.2. The second-order valence-electron chi connectivity index (χ2n) is 8.96. The summed E-state index contributed by atoms with van der Waals surface area (Å²) in [5.41, 5.74) is 11.6. The average Bonchev–Trinajstić information content (AvgIpc) is 3.62. The van der Waals surface area contributed by atoms with E-state index >= 15 is 0 Å². The molecule has 0 bridgehead atoms. The Morgan fingerprint density at radius 2 is 2.11 bits per heavy atom. The lowest BCUT2D eigenvalue weighted by molar-refractivity contribution is 0.0941. The fraction of sp³-hybridized carbons (Fsp3) is 0.143. The third kappa shape index (κ3) is 4.29. The predicted octanol–water partition coefficient (Wildman–Crippen LogP) is 4.26. The maximum Gasteiger partial charge on any atom is 0.259 e. The number of carbonyl (C=O) groups excluding carboxylic acids is 1. The molecule has 1 atom stereocenters. The summed E-state index contributed by atoms with van der Waals surface area (Å²) in [6.45, 7) is 2.55. The summed E-state index contributed by atoms with van der Waals surface area (Å²) >= 11 is 1.58. The lowest BCUT2D eigenvalue weighted by Crippen LogP contribution is -2.28. The monoisotopic (exact) mass is 520 g/mol. The van der Waals surface area contributed by atoms with Gasteiger partial charge in [0, 0.05) is 42.5 Å². The topological polar surface area (TPSA) is 116 Å². The summed E-state index contributed by atoms with van der Waals surface area (Å²) < 4.78 is 4.30. The molecule has 6 rings (SSSR count). The third-order valence-electron chi connectivity index (χ3n) is 6.28. The van der Waals surface area contributed by atoms with Crippen LogP contribution in [0.2, 0.25) is 0 Å². The van der Waals surface area contributed by atoms with Crippen LogP contribution >= 0.6 is 11.3 Å². The van der Waals surface area contributed by atoms with Crippen LogP contribution in [0.15, 0.2) is 60.2 Å². The molecule has 0 radical (unpaired) electrons. The maximum atomic E-state index is 13.4. The number of aryl methyl sites for hydroxylation is 1. The van der Waals surface area contributed by atoms with Crippen LogP contribution in [0.1, 0.15) is 40.0 Å². The van der Waals surface area contributed by atoms with Crippen molar-refractivity contribution in [3.05, 3.63) is 82.5 Å². The summed E-state index contributed by atoms with van der Waals surface area (Å²) in [7, 11) is 1.87. The first-order valence-electron chi connectivity index (χ1n) is 12.1. The number of pyridine rings is 1. The number of hydrogen-bond donors (Lipinski definition) is 3. The number of rotatable bonds is 4. The van der Waals surface area contributed by atoms with Crippen molar-refractivity contribution in [1.82, 2.24) is 29.9 Å². The Hall–Kier alpha value is -4.88. The molecule has 1 aliphatic heterocycles. The van der Waals surface area contributed by atoms with Gasteiger partial charge < -0.3 is 16.4 Å². The Balaban J connectivity index is 1.39. The molecular formula is C28H24N8OS. The molecule has 0 saturated carbocycles. The number of carbonyl (C=O) groups is 1. The second-order valence-corrected chi connectivity index (χ2v) is 9.87. The van der Waals surface area contributed by atoms with Gasteiger partial charge in [-0.3, -0.25) is 9.48 Å². The minimum absolute atomic E-state index is 0.177. The first kappa shape index (κ1) is 23.5. The van der Waals surface area contributed by atoms with E-state index in [9.17, 15) is 4.79 Å². The molecule has 38 heavy (non-hydrogen) atoms. The van der Waals surface area contributed by atoms with Crippen molar-refractivity contribution >= 4 is 45.3 Å². The van der Waals surface area contributed by atoms with Crippen LogP contribution in [-0.4, -0.2) is 37.0 Å². The molecule has 1 unspecified atom stereocenters. The van der Waals surface area contributed by atoms with Crippen molar-refractivity contribution in [2.75, 3.05) is 17.6 Å². The van der Waals surface area contributed by atoms with Gasteiger partial charge in [-0.15, -0.1) is 16.4 Å². The number of amides is 1. The zero-order valence-electron chi connectivity index (χ0n) is 20.8. The van der Waals surface area contributed by atoms with Crippen molar-refractivity contribution < 1.29 is 4.79 Å². The number of anilines is 2. The number of benzene rings is 1. The molecule has 188 valence electrons. The van der Waals surface area contributed by atoms with Crippen LogP contribution in [0, 0.1) is 11.8 Å². The van der Waals surface area contributed by atoms with Gasteiger partial charge in [0.25, 0.3) is 5.91 Å². The number of nitrogens with one attached hydrogen (secondary N) is 2. The van der Waals surface area contributed by atoms with Gasteiger partial charge in [0.05, 0.1) is 39.3 Å². The molecule has 10 heteroatoms. The average molecular weight is 521 g/mol. The van der Waals surface area contributed by atoms with Gasteiger partial charge in [-0.1, -0.05) is 42.2 Å². The maximum absolute atomic E-state index is 13.4. The van der Waals surface area contributed by atoms with Crippen LogP contribution in [0.3, 0.4) is 0 Å². The molecule has 9 nitrogen and oxygen atoms in total. The zero-order valence-corrected chi connectivity index (χ0v) is 21.6. The van der Waals surface area contributed by atoms with E-state index in [1.54, 1.807) is 33.1 Å². The number of nitrogen functional groups attached to an aromatic ring is 1. The molecule has 1 amide bonds. The summed E-state index contributed by atoms with van der Waals surface area (Å²) in [5, 5.41) is 16.7. The first-order valence-corrected chi connectivity index (χ1v) is 12.9. The third-order valence-corrected chi connectivity index (χ3v) is 7.20. The van der Waals surface area contributed by atoms with Crippen molar-refractivity contribution in [2.24, 2.45) is 7.05 Å². The van der Waals surface area contributed by atoms with Gasteiger partial charge in [0.15, 0.2) is 5.82 Å². The molecule has 5 aromatic rings. The fourth-order valence-electron chi connectivity index (χ4n) is 4.45. The lowest BCUT2D eigenvalue weighted by Gasteiger charge is -2.19. The predicted molar refractivity (Wildman–Crippen MR) is 151 cm³/mol. The Morgan fingerprint density at radius 1 is 1.26 bits per heavy atom. The summed E-state index contributed by atoms with van der Waals surface area (Å²) in [5.74, 6) is 6.89. The van der Waals surface area contributed by atoms with Crippen molar-refractivity contribution in [3.8, 4) is 23.1 Å². The summed E-state index contributed by atoms with van der Waals surface area (Å²) in [6, 6.07) is 11.7. The van der Waals surface area contributed by atoms with E-state index < -0.39 is 0 Å². The van der Waals surface area contributed by atoms with Gasteiger partial charge in [-0.25, -0.2) is 9.67 Å². The standard InChI is InChI=1S/C28H24N8OS/c1-17(32-28(37)23-26(29)34-36-12-6-11-30-27(23)36)21-13-22-25(33-24(21)19-7-4-3-5-8-19)20(16-38-22)10-9-18-14-31-35(2)15-18/h3-8,12-17,30H,11H2,1-2H3,(H2,29,34)(H,32,37). The highest BCUT2D eigenvalue weighted by atomic mass is 32.1. The van der Waals surface area contributed by atoms with Gasteiger partial charge >= 0.3 is 0 Å². The van der Waals surface area contributed by atoms with Gasteiger partial charge in [0.2, 0.25) is 0 Å². The Labute approximate surface area is 223 Å².